The smallest absolute Gasteiger partial charge is 0.229 e. The predicted molar refractivity (Wildman–Crippen MR) is 130 cm³/mol. The van der Waals surface area contributed by atoms with Crippen molar-refractivity contribution < 1.29 is 4.79 Å². The number of likely N-dealkylation sites (tertiary alicyclic amines) is 1. The van der Waals surface area contributed by atoms with Gasteiger partial charge in [-0.15, -0.1) is 0 Å². The van der Waals surface area contributed by atoms with Crippen LogP contribution in [0.25, 0.3) is 10.9 Å². The number of amides is 1. The molecule has 2 aliphatic heterocycles. The van der Waals surface area contributed by atoms with Crippen molar-refractivity contribution in [2.24, 2.45) is 10.4 Å². The Morgan fingerprint density at radius 1 is 1.15 bits per heavy atom. The first-order valence-corrected chi connectivity index (χ1v) is 11.6. The van der Waals surface area contributed by atoms with E-state index in [0.717, 1.165) is 50.8 Å². The third-order valence-electron chi connectivity index (χ3n) is 6.94. The second kappa shape index (κ2) is 9.13. The van der Waals surface area contributed by atoms with E-state index in [2.05, 4.69) is 41.9 Å². The van der Waals surface area contributed by atoms with Gasteiger partial charge in [0, 0.05) is 74.4 Å². The predicted octanol–water partition coefficient (Wildman–Crippen LogP) is 4.11. The zero-order valence-corrected chi connectivity index (χ0v) is 18.7. The lowest BCUT2D eigenvalue weighted by Crippen LogP contribution is -2.53. The first-order chi connectivity index (χ1) is 16.2. The average molecular weight is 444 g/mol. The van der Waals surface area contributed by atoms with Crippen molar-refractivity contribution in [2.75, 3.05) is 24.5 Å². The maximum Gasteiger partial charge on any atom is 0.229 e. The summed E-state index contributed by atoms with van der Waals surface area (Å²) in [6, 6.07) is 10.0. The van der Waals surface area contributed by atoms with Gasteiger partial charge in [0.25, 0.3) is 0 Å². The molecule has 2 aromatic heterocycles. The van der Waals surface area contributed by atoms with E-state index in [4.69, 9.17) is 5.41 Å². The summed E-state index contributed by atoms with van der Waals surface area (Å²) in [6.45, 7) is 3.01. The number of para-hydroxylation sites is 1. The standard InChI is InChI=1S/C25H29N7O/c26-11-4-12-27-22-7-13-28-24(30-22)31-15-9-25(10-16-31)8-3-14-32(23(25)33)18-19-17-29-21-6-2-1-5-20(19)21/h1-2,5-7,11-13,17,26,29H,3-4,8-10,14-16,18H2. The SMILES string of the molecule is N=CCC=Nc1ccnc(N2CCC3(CCCN(Cc4c[nH]c5ccccc45)C3=O)CC2)n1. The lowest BCUT2D eigenvalue weighted by Gasteiger charge is -2.46. The number of benzene rings is 1. The Bertz CT molecular complexity index is 1180. The Hall–Kier alpha value is -3.55. The lowest BCUT2D eigenvalue weighted by molar-refractivity contribution is -0.148. The molecule has 0 saturated carbocycles. The number of nitrogens with one attached hydrogen (secondary N) is 2. The van der Waals surface area contributed by atoms with Crippen LogP contribution in [0.2, 0.25) is 0 Å². The van der Waals surface area contributed by atoms with Crippen LogP contribution in [-0.2, 0) is 11.3 Å². The van der Waals surface area contributed by atoms with E-state index in [1.807, 2.05) is 18.3 Å². The van der Waals surface area contributed by atoms with E-state index in [-0.39, 0.29) is 5.41 Å². The maximum absolute atomic E-state index is 13.6. The van der Waals surface area contributed by atoms with Crippen LogP contribution >= 0.6 is 0 Å². The molecule has 1 amide bonds. The highest BCUT2D eigenvalue weighted by molar-refractivity contribution is 5.86. The second-order valence-electron chi connectivity index (χ2n) is 8.92. The minimum atomic E-state index is -0.277. The highest BCUT2D eigenvalue weighted by atomic mass is 16.2. The molecular weight excluding hydrogens is 414 g/mol. The minimum absolute atomic E-state index is 0.277. The van der Waals surface area contributed by atoms with E-state index < -0.39 is 0 Å². The molecule has 2 fully saturated rings. The Labute approximate surface area is 193 Å². The number of aromatic amines is 1. The van der Waals surface area contributed by atoms with Crippen molar-refractivity contribution in [3.05, 3.63) is 48.3 Å². The Kier molecular flexibility index (Phi) is 5.90. The fourth-order valence-corrected chi connectivity index (χ4v) is 5.13. The van der Waals surface area contributed by atoms with Gasteiger partial charge in [-0.2, -0.15) is 4.98 Å². The first kappa shape index (κ1) is 21.3. The van der Waals surface area contributed by atoms with Crippen molar-refractivity contribution in [2.45, 2.75) is 38.6 Å². The highest BCUT2D eigenvalue weighted by Gasteiger charge is 2.46. The third kappa shape index (κ3) is 4.25. The summed E-state index contributed by atoms with van der Waals surface area (Å²) in [5.74, 6) is 1.55. The normalized spacial score (nSPS) is 18.5. The van der Waals surface area contributed by atoms with Crippen LogP contribution in [0.1, 0.15) is 37.7 Å². The highest BCUT2D eigenvalue weighted by Crippen LogP contribution is 2.42. The molecule has 0 unspecified atom stereocenters. The van der Waals surface area contributed by atoms with Crippen molar-refractivity contribution in [1.82, 2.24) is 19.9 Å². The van der Waals surface area contributed by atoms with Crippen LogP contribution in [0.4, 0.5) is 11.8 Å². The summed E-state index contributed by atoms with van der Waals surface area (Å²) in [7, 11) is 0. The number of carbonyl (C=O) groups is 1. The molecule has 2 N–H and O–H groups in total. The van der Waals surface area contributed by atoms with Gasteiger partial charge in [0.05, 0.1) is 5.41 Å². The van der Waals surface area contributed by atoms with E-state index in [1.54, 1.807) is 18.5 Å². The molecule has 8 heteroatoms. The van der Waals surface area contributed by atoms with Gasteiger partial charge in [0.2, 0.25) is 11.9 Å². The number of hydrogen-bond acceptors (Lipinski definition) is 6. The number of aliphatic imine (C=N–C) groups is 1. The van der Waals surface area contributed by atoms with Gasteiger partial charge >= 0.3 is 0 Å². The summed E-state index contributed by atoms with van der Waals surface area (Å²) < 4.78 is 0. The van der Waals surface area contributed by atoms with Gasteiger partial charge in [-0.1, -0.05) is 18.2 Å². The number of rotatable bonds is 6. The molecule has 0 aliphatic carbocycles. The zero-order chi connectivity index (χ0) is 22.7. The molecule has 8 nitrogen and oxygen atoms in total. The molecular formula is C25H29N7O. The van der Waals surface area contributed by atoms with E-state index in [9.17, 15) is 4.79 Å². The van der Waals surface area contributed by atoms with Gasteiger partial charge in [0.15, 0.2) is 5.82 Å². The molecule has 1 spiro atoms. The van der Waals surface area contributed by atoms with Gasteiger partial charge in [-0.3, -0.25) is 4.79 Å². The molecule has 0 radical (unpaired) electrons. The number of fused-ring (bicyclic) bond motifs is 1. The summed E-state index contributed by atoms with van der Waals surface area (Å²) in [5.41, 5.74) is 2.02. The second-order valence-corrected chi connectivity index (χ2v) is 8.92. The van der Waals surface area contributed by atoms with Gasteiger partial charge in [-0.25, -0.2) is 9.98 Å². The number of aromatic nitrogens is 3. The molecule has 3 aromatic rings. The van der Waals surface area contributed by atoms with Crippen molar-refractivity contribution in [3.8, 4) is 0 Å². The maximum atomic E-state index is 13.6. The summed E-state index contributed by atoms with van der Waals surface area (Å²) in [6.07, 6.45) is 10.9. The van der Waals surface area contributed by atoms with E-state index >= 15 is 0 Å². The quantitative estimate of drug-likeness (QED) is 0.560. The number of anilines is 1. The molecule has 2 saturated heterocycles. The molecule has 33 heavy (non-hydrogen) atoms. The largest absolute Gasteiger partial charge is 0.361 e. The molecule has 4 heterocycles. The van der Waals surface area contributed by atoms with Crippen LogP contribution in [0, 0.1) is 10.8 Å². The van der Waals surface area contributed by atoms with Crippen molar-refractivity contribution in [1.29, 1.82) is 5.41 Å². The number of H-pyrrole nitrogens is 1. The van der Waals surface area contributed by atoms with Gasteiger partial charge in [0.1, 0.15) is 0 Å². The molecule has 5 rings (SSSR count). The Morgan fingerprint density at radius 3 is 2.85 bits per heavy atom. The fraction of sp³-hybridized carbons (Fsp3) is 0.400. The number of hydrogen-bond donors (Lipinski definition) is 2. The minimum Gasteiger partial charge on any atom is -0.361 e. The van der Waals surface area contributed by atoms with Gasteiger partial charge in [-0.05, 0) is 37.3 Å². The number of carbonyl (C=O) groups excluding carboxylic acids is 1. The topological polar surface area (TPSA) is 101 Å². The van der Waals surface area contributed by atoms with Crippen LogP contribution in [0.5, 0.6) is 0 Å². The summed E-state index contributed by atoms with van der Waals surface area (Å²) in [4.78, 5) is 34.5. The summed E-state index contributed by atoms with van der Waals surface area (Å²) >= 11 is 0. The molecule has 0 bridgehead atoms. The molecule has 2 aliphatic rings. The van der Waals surface area contributed by atoms with E-state index in [1.165, 1.54) is 17.2 Å². The molecule has 170 valence electrons. The van der Waals surface area contributed by atoms with Crippen LogP contribution in [0.3, 0.4) is 0 Å². The van der Waals surface area contributed by atoms with Crippen LogP contribution in [0.15, 0.2) is 47.7 Å². The monoisotopic (exact) mass is 443 g/mol. The zero-order valence-electron chi connectivity index (χ0n) is 18.7. The number of nitrogens with zero attached hydrogens (tertiary/aromatic N) is 5. The van der Waals surface area contributed by atoms with Crippen LogP contribution in [-0.4, -0.2) is 57.8 Å². The van der Waals surface area contributed by atoms with Crippen molar-refractivity contribution >= 4 is 41.0 Å². The molecule has 1 aromatic carbocycles. The fourth-order valence-electron chi connectivity index (χ4n) is 5.13. The first-order valence-electron chi connectivity index (χ1n) is 11.6. The van der Waals surface area contributed by atoms with Crippen LogP contribution < -0.4 is 4.90 Å². The lowest BCUT2D eigenvalue weighted by atomic mass is 9.71. The number of piperidine rings is 2. The Morgan fingerprint density at radius 2 is 2.00 bits per heavy atom. The molecule has 0 atom stereocenters. The average Bonchev–Trinajstić information content (AvgIpc) is 3.26. The van der Waals surface area contributed by atoms with Crippen molar-refractivity contribution in [3.63, 3.8) is 0 Å². The third-order valence-corrected chi connectivity index (χ3v) is 6.94. The summed E-state index contributed by atoms with van der Waals surface area (Å²) in [5, 5.41) is 8.29. The Balaban J connectivity index is 1.26. The van der Waals surface area contributed by atoms with Gasteiger partial charge < -0.3 is 20.2 Å². The van der Waals surface area contributed by atoms with E-state index in [0.29, 0.717) is 30.6 Å².